The predicted octanol–water partition coefficient (Wildman–Crippen LogP) is 4.62. The predicted molar refractivity (Wildman–Crippen MR) is 120 cm³/mol. The van der Waals surface area contributed by atoms with Crippen LogP contribution < -0.4 is 0 Å². The molecule has 0 spiro atoms. The van der Waals surface area contributed by atoms with Crippen LogP contribution in [0.4, 0.5) is 4.39 Å². The van der Waals surface area contributed by atoms with Crippen LogP contribution in [0.15, 0.2) is 78.4 Å². The van der Waals surface area contributed by atoms with Crippen LogP contribution in [-0.4, -0.2) is 41.0 Å². The van der Waals surface area contributed by atoms with E-state index in [1.54, 1.807) is 17.0 Å². The van der Waals surface area contributed by atoms with Crippen molar-refractivity contribution in [1.29, 1.82) is 0 Å². The number of benzene rings is 2. The van der Waals surface area contributed by atoms with Gasteiger partial charge in [0.2, 0.25) is 12.1 Å². The quantitative estimate of drug-likeness (QED) is 0.354. The summed E-state index contributed by atoms with van der Waals surface area (Å²) in [7, 11) is 1.89. The highest BCUT2D eigenvalue weighted by Crippen LogP contribution is 2.38. The van der Waals surface area contributed by atoms with Crippen molar-refractivity contribution in [2.24, 2.45) is 0 Å². The monoisotopic (exact) mass is 421 g/mol. The minimum absolute atomic E-state index is 0.00447. The normalized spacial score (nSPS) is 19.9. The van der Waals surface area contributed by atoms with Crippen molar-refractivity contribution < 1.29 is 18.5 Å². The topological polar surface area (TPSA) is 37.4 Å². The molecule has 0 heterocycles. The molecule has 0 N–H and O–H groups in total. The maximum absolute atomic E-state index is 14.0. The summed E-state index contributed by atoms with van der Waals surface area (Å²) in [5, 5.41) is 0. The molecule has 2 atom stereocenters. The van der Waals surface area contributed by atoms with Gasteiger partial charge in [-0.15, -0.1) is 0 Å². The van der Waals surface area contributed by atoms with Gasteiger partial charge < -0.3 is 0 Å². The number of likely N-dealkylation sites (N-methyl/N-ethyl adjacent to an activating group) is 2. The van der Waals surface area contributed by atoms with Crippen molar-refractivity contribution in [1.82, 2.24) is 4.90 Å². The molecule has 4 nitrogen and oxygen atoms in total. The molecule has 0 aliphatic heterocycles. The Morgan fingerprint density at radius 2 is 1.81 bits per heavy atom. The molecule has 5 heteroatoms. The summed E-state index contributed by atoms with van der Waals surface area (Å²) in [5.41, 5.74) is 1.90. The molecule has 162 valence electrons. The van der Waals surface area contributed by atoms with E-state index in [-0.39, 0.29) is 22.6 Å². The molecule has 1 aliphatic rings. The number of amides is 2. The fourth-order valence-corrected chi connectivity index (χ4v) is 4.50. The van der Waals surface area contributed by atoms with E-state index < -0.39 is 5.66 Å². The summed E-state index contributed by atoms with van der Waals surface area (Å²) >= 11 is 0. The Balaban J connectivity index is 2.14. The van der Waals surface area contributed by atoms with Crippen LogP contribution in [0.3, 0.4) is 0 Å². The third kappa shape index (κ3) is 4.52. The molecule has 2 amide bonds. The van der Waals surface area contributed by atoms with Gasteiger partial charge in [0.1, 0.15) is 12.4 Å². The van der Waals surface area contributed by atoms with Crippen molar-refractivity contribution in [3.8, 4) is 0 Å². The second-order valence-corrected chi connectivity index (χ2v) is 8.30. The van der Waals surface area contributed by atoms with Crippen LogP contribution in [0.5, 0.6) is 0 Å². The highest BCUT2D eigenvalue weighted by atomic mass is 19.1. The Labute approximate surface area is 183 Å². The van der Waals surface area contributed by atoms with E-state index in [1.165, 1.54) is 12.1 Å². The molecule has 0 radical (unpaired) electrons. The van der Waals surface area contributed by atoms with E-state index >= 15 is 0 Å². The van der Waals surface area contributed by atoms with Crippen LogP contribution in [0.1, 0.15) is 31.4 Å². The molecule has 0 bridgehead atoms. The molecular formula is C26H30FN2O2+. The molecule has 31 heavy (non-hydrogen) atoms. The van der Waals surface area contributed by atoms with Gasteiger partial charge in [-0.25, -0.2) is 13.7 Å². The number of hydrogen-bond acceptors (Lipinski definition) is 2. The lowest BCUT2D eigenvalue weighted by Crippen LogP contribution is -2.71. The Hall–Kier alpha value is -3.05. The van der Waals surface area contributed by atoms with Crippen molar-refractivity contribution in [3.05, 3.63) is 95.3 Å². The zero-order valence-corrected chi connectivity index (χ0v) is 18.4. The van der Waals surface area contributed by atoms with Gasteiger partial charge in [-0.2, -0.15) is 0 Å². The number of carbonyl (C=O) groups excluding carboxylic acids is 2. The SMILES string of the molecule is CCN(C=O)C1([N+](C)(Cc2ccc(F)cc2)C(=O)Cc2ccccc2)C=C(C)C=CC1. The van der Waals surface area contributed by atoms with Crippen LogP contribution in [0.25, 0.3) is 0 Å². The molecule has 0 fully saturated rings. The Morgan fingerprint density at radius 3 is 2.39 bits per heavy atom. The number of hydrogen-bond donors (Lipinski definition) is 0. The first-order valence-electron chi connectivity index (χ1n) is 10.6. The van der Waals surface area contributed by atoms with Crippen LogP contribution >= 0.6 is 0 Å². The summed E-state index contributed by atoms with van der Waals surface area (Å²) in [6, 6.07) is 15.9. The van der Waals surface area contributed by atoms with Crippen molar-refractivity contribution >= 4 is 12.3 Å². The lowest BCUT2D eigenvalue weighted by Gasteiger charge is -2.52. The molecule has 0 aromatic heterocycles. The molecule has 1 aliphatic carbocycles. The van der Waals surface area contributed by atoms with Gasteiger partial charge in [0.15, 0.2) is 0 Å². The molecule has 2 aromatic rings. The van der Waals surface area contributed by atoms with E-state index in [9.17, 15) is 14.0 Å². The van der Waals surface area contributed by atoms with Gasteiger partial charge in [0, 0.05) is 24.6 Å². The average Bonchev–Trinajstić information content (AvgIpc) is 2.76. The first kappa shape index (κ1) is 22.6. The Kier molecular flexibility index (Phi) is 6.86. The van der Waals surface area contributed by atoms with E-state index in [2.05, 4.69) is 0 Å². The first-order valence-corrected chi connectivity index (χ1v) is 10.6. The van der Waals surface area contributed by atoms with E-state index in [4.69, 9.17) is 0 Å². The minimum Gasteiger partial charge on any atom is -0.289 e. The Morgan fingerprint density at radius 1 is 1.13 bits per heavy atom. The summed E-state index contributed by atoms with van der Waals surface area (Å²) < 4.78 is 13.5. The van der Waals surface area contributed by atoms with Gasteiger partial charge in [0.05, 0.1) is 13.5 Å². The van der Waals surface area contributed by atoms with Gasteiger partial charge in [-0.05, 0) is 37.1 Å². The van der Waals surface area contributed by atoms with Crippen LogP contribution in [-0.2, 0) is 22.6 Å². The highest BCUT2D eigenvalue weighted by Gasteiger charge is 2.55. The fraction of sp³-hybridized carbons (Fsp3) is 0.308. The van der Waals surface area contributed by atoms with Gasteiger partial charge >= 0.3 is 5.91 Å². The second kappa shape index (κ2) is 9.40. The number of allylic oxidation sites excluding steroid dienone is 2. The minimum atomic E-state index is -0.865. The zero-order chi connectivity index (χ0) is 22.5. The standard InChI is InChI=1S/C26H30FN2O2/c1-4-28(20-30)26(16-8-9-21(2)18-26)29(3,19-23-12-14-24(27)15-13-23)25(31)17-22-10-6-5-7-11-22/h5-15,18,20H,4,16-17,19H2,1-3H3/q+1. The van der Waals surface area contributed by atoms with Gasteiger partial charge in [0.25, 0.3) is 0 Å². The van der Waals surface area contributed by atoms with Crippen molar-refractivity contribution in [2.45, 2.75) is 38.9 Å². The van der Waals surface area contributed by atoms with E-state index in [0.717, 1.165) is 23.1 Å². The second-order valence-electron chi connectivity index (χ2n) is 8.30. The number of nitrogens with zero attached hydrogens (tertiary/aromatic N) is 2. The van der Waals surface area contributed by atoms with E-state index in [1.807, 2.05) is 69.5 Å². The zero-order valence-electron chi connectivity index (χ0n) is 18.4. The van der Waals surface area contributed by atoms with Crippen molar-refractivity contribution in [2.75, 3.05) is 13.6 Å². The van der Waals surface area contributed by atoms with Gasteiger partial charge in [-0.3, -0.25) is 9.69 Å². The van der Waals surface area contributed by atoms with Crippen LogP contribution in [0, 0.1) is 5.82 Å². The maximum Gasteiger partial charge on any atom is 0.320 e. The lowest BCUT2D eigenvalue weighted by molar-refractivity contribution is -0.905. The molecule has 2 unspecified atom stereocenters. The fourth-order valence-electron chi connectivity index (χ4n) is 4.50. The lowest BCUT2D eigenvalue weighted by atomic mass is 9.89. The summed E-state index contributed by atoms with van der Waals surface area (Å²) in [6.07, 6.45) is 7.68. The molecular weight excluding hydrogens is 391 g/mol. The average molecular weight is 422 g/mol. The first-order chi connectivity index (χ1) is 14.8. The van der Waals surface area contributed by atoms with Crippen LogP contribution in [0.2, 0.25) is 0 Å². The smallest absolute Gasteiger partial charge is 0.289 e. The summed E-state index contributed by atoms with van der Waals surface area (Å²) in [6.45, 7) is 4.71. The van der Waals surface area contributed by atoms with Gasteiger partial charge in [-0.1, -0.05) is 54.6 Å². The summed E-state index contributed by atoms with van der Waals surface area (Å²) in [4.78, 5) is 27.8. The number of carbonyl (C=O) groups is 2. The van der Waals surface area contributed by atoms with E-state index in [0.29, 0.717) is 19.5 Å². The third-order valence-electron chi connectivity index (χ3n) is 6.24. The molecule has 2 aromatic carbocycles. The Bertz CT molecular complexity index is 984. The van der Waals surface area contributed by atoms with Crippen molar-refractivity contribution in [3.63, 3.8) is 0 Å². The molecule has 0 saturated carbocycles. The number of rotatable bonds is 8. The summed E-state index contributed by atoms with van der Waals surface area (Å²) in [5.74, 6) is -0.321. The number of quaternary nitrogens is 1. The molecule has 3 rings (SSSR count). The maximum atomic E-state index is 14.0. The highest BCUT2D eigenvalue weighted by molar-refractivity contribution is 5.73. The largest absolute Gasteiger partial charge is 0.320 e. The number of halogens is 1. The molecule has 0 saturated heterocycles. The third-order valence-corrected chi connectivity index (χ3v) is 6.24.